The first-order valence-corrected chi connectivity index (χ1v) is 1.99. The van der Waals surface area contributed by atoms with Gasteiger partial charge < -0.3 is 10.6 Å². The van der Waals surface area contributed by atoms with Crippen molar-refractivity contribution in [3.8, 4) is 0 Å². The molecule has 0 saturated heterocycles. The monoisotopic (exact) mass is 98.0 g/mol. The molecule has 38 valence electrons. The van der Waals surface area contributed by atoms with Gasteiger partial charge >= 0.3 is 0 Å². The molecule has 1 heterocycles. The van der Waals surface area contributed by atoms with Crippen LogP contribution >= 0.6 is 0 Å². The van der Waals surface area contributed by atoms with Crippen LogP contribution in [-0.4, -0.2) is 12.8 Å². The summed E-state index contributed by atoms with van der Waals surface area (Å²) in [6.07, 6.45) is 3.24. The second kappa shape index (κ2) is 1.64. The highest BCUT2D eigenvalue weighted by atomic mass is 16.6. The number of nitrogens with two attached hydrogens (primary N) is 1. The Morgan fingerprint density at radius 3 is 3.00 bits per heavy atom. The van der Waals surface area contributed by atoms with E-state index in [0.29, 0.717) is 6.61 Å². The van der Waals surface area contributed by atoms with Crippen LogP contribution in [0.1, 0.15) is 0 Å². The zero-order valence-electron chi connectivity index (χ0n) is 3.79. The predicted molar refractivity (Wildman–Crippen MR) is 26.7 cm³/mol. The van der Waals surface area contributed by atoms with Crippen molar-refractivity contribution in [3.63, 3.8) is 0 Å². The van der Waals surface area contributed by atoms with Crippen molar-refractivity contribution in [2.45, 2.75) is 0 Å². The van der Waals surface area contributed by atoms with E-state index >= 15 is 0 Å². The van der Waals surface area contributed by atoms with Gasteiger partial charge in [-0.1, -0.05) is 5.16 Å². The average Bonchev–Trinajstić information content (AvgIpc) is 1.69. The fourth-order valence-corrected chi connectivity index (χ4v) is 0.329. The van der Waals surface area contributed by atoms with E-state index in [0.717, 1.165) is 5.70 Å². The molecule has 0 fully saturated rings. The molecule has 2 N–H and O–H groups in total. The number of rotatable bonds is 0. The molecule has 0 unspecified atom stereocenters. The maximum Gasteiger partial charge on any atom is 0.156 e. The van der Waals surface area contributed by atoms with Crippen LogP contribution in [0.15, 0.2) is 16.9 Å². The molecular weight excluding hydrogens is 92.1 g/mol. The normalized spacial score (nSPS) is 18.0. The van der Waals surface area contributed by atoms with Gasteiger partial charge in [-0.2, -0.15) is 0 Å². The number of allylic oxidation sites excluding steroid dienone is 1. The summed E-state index contributed by atoms with van der Waals surface area (Å²) in [4.78, 5) is 4.56. The molecule has 7 heavy (non-hydrogen) atoms. The lowest BCUT2D eigenvalue weighted by atomic mass is 10.4. The van der Waals surface area contributed by atoms with E-state index in [1.165, 1.54) is 6.21 Å². The second-order valence-corrected chi connectivity index (χ2v) is 1.27. The van der Waals surface area contributed by atoms with Gasteiger partial charge in [-0.15, -0.1) is 0 Å². The van der Waals surface area contributed by atoms with Crippen molar-refractivity contribution >= 4 is 6.21 Å². The summed E-state index contributed by atoms with van der Waals surface area (Å²) in [5, 5.41) is 3.45. The van der Waals surface area contributed by atoms with Gasteiger partial charge in [0.05, 0.1) is 11.9 Å². The average molecular weight is 98.1 g/mol. The summed E-state index contributed by atoms with van der Waals surface area (Å²) in [6.45, 7) is 0.427. The Morgan fingerprint density at radius 2 is 2.71 bits per heavy atom. The molecule has 3 nitrogen and oxygen atoms in total. The predicted octanol–water partition coefficient (Wildman–Crippen LogP) is -0.155. The summed E-state index contributed by atoms with van der Waals surface area (Å²) in [6, 6.07) is 0. The van der Waals surface area contributed by atoms with Gasteiger partial charge in [0, 0.05) is 0 Å². The molecule has 0 atom stereocenters. The first-order chi connectivity index (χ1) is 3.39. The molecular formula is C4H6N2O. The third-order valence-corrected chi connectivity index (χ3v) is 0.655. The van der Waals surface area contributed by atoms with E-state index in [9.17, 15) is 0 Å². The fraction of sp³-hybridized carbons (Fsp3) is 0.250. The van der Waals surface area contributed by atoms with Crippen molar-refractivity contribution in [1.82, 2.24) is 0 Å². The van der Waals surface area contributed by atoms with Gasteiger partial charge in [0.25, 0.3) is 0 Å². The Balaban J connectivity index is 2.57. The Kier molecular flexibility index (Phi) is 0.978. The first kappa shape index (κ1) is 4.18. The van der Waals surface area contributed by atoms with Gasteiger partial charge in [-0.05, 0) is 6.08 Å². The highest BCUT2D eigenvalue weighted by molar-refractivity contribution is 5.71. The topological polar surface area (TPSA) is 47.6 Å². The van der Waals surface area contributed by atoms with Crippen molar-refractivity contribution in [2.75, 3.05) is 6.61 Å². The van der Waals surface area contributed by atoms with Crippen molar-refractivity contribution in [3.05, 3.63) is 11.8 Å². The Labute approximate surface area is 41.4 Å². The van der Waals surface area contributed by atoms with E-state index < -0.39 is 0 Å². The van der Waals surface area contributed by atoms with Crippen molar-refractivity contribution in [1.29, 1.82) is 0 Å². The zero-order valence-corrected chi connectivity index (χ0v) is 3.79. The number of hydrogen-bond acceptors (Lipinski definition) is 3. The zero-order chi connectivity index (χ0) is 5.11. The standard InChI is InChI=1S/C4H6N2O/c5-4-1-2-6-7-3-4/h1-2H,3,5H2. The van der Waals surface area contributed by atoms with E-state index in [4.69, 9.17) is 5.73 Å². The molecule has 3 heteroatoms. The lowest BCUT2D eigenvalue weighted by Gasteiger charge is -2.00. The van der Waals surface area contributed by atoms with E-state index in [-0.39, 0.29) is 0 Å². The maximum absolute atomic E-state index is 5.28. The highest BCUT2D eigenvalue weighted by Crippen LogP contribution is 1.89. The Bertz CT molecular complexity index is 117. The first-order valence-electron chi connectivity index (χ1n) is 1.99. The number of nitrogens with zero attached hydrogens (tertiary/aromatic N) is 1. The van der Waals surface area contributed by atoms with Crippen LogP contribution in [0.25, 0.3) is 0 Å². The molecule has 0 aromatic carbocycles. The molecule has 0 amide bonds. The van der Waals surface area contributed by atoms with E-state index in [2.05, 4.69) is 9.99 Å². The molecule has 0 spiro atoms. The van der Waals surface area contributed by atoms with Crippen LogP contribution < -0.4 is 5.73 Å². The van der Waals surface area contributed by atoms with Gasteiger partial charge in [0.1, 0.15) is 0 Å². The van der Waals surface area contributed by atoms with E-state index in [1.54, 1.807) is 6.08 Å². The molecule has 0 aliphatic carbocycles. The largest absolute Gasteiger partial charge is 0.399 e. The van der Waals surface area contributed by atoms with Gasteiger partial charge in [0.15, 0.2) is 6.61 Å². The lowest BCUT2D eigenvalue weighted by molar-refractivity contribution is 0.165. The summed E-state index contributed by atoms with van der Waals surface area (Å²) >= 11 is 0. The van der Waals surface area contributed by atoms with Crippen molar-refractivity contribution in [2.24, 2.45) is 10.9 Å². The molecule has 1 rings (SSSR count). The molecule has 0 radical (unpaired) electrons. The highest BCUT2D eigenvalue weighted by Gasteiger charge is 1.90. The van der Waals surface area contributed by atoms with Gasteiger partial charge in [0.2, 0.25) is 0 Å². The quantitative estimate of drug-likeness (QED) is 0.457. The molecule has 1 aliphatic heterocycles. The molecule has 0 aromatic rings. The summed E-state index contributed by atoms with van der Waals surface area (Å²) in [5.41, 5.74) is 6.00. The fourth-order valence-electron chi connectivity index (χ4n) is 0.329. The lowest BCUT2D eigenvalue weighted by Crippen LogP contribution is -2.07. The molecule has 0 bridgehead atoms. The smallest absolute Gasteiger partial charge is 0.156 e. The minimum absolute atomic E-state index is 0.427. The van der Waals surface area contributed by atoms with Crippen LogP contribution in [0.3, 0.4) is 0 Å². The van der Waals surface area contributed by atoms with Gasteiger partial charge in [-0.3, -0.25) is 0 Å². The summed E-state index contributed by atoms with van der Waals surface area (Å²) in [7, 11) is 0. The third kappa shape index (κ3) is 0.924. The van der Waals surface area contributed by atoms with Crippen LogP contribution in [0.4, 0.5) is 0 Å². The summed E-state index contributed by atoms with van der Waals surface area (Å²) < 4.78 is 0. The summed E-state index contributed by atoms with van der Waals surface area (Å²) in [5.74, 6) is 0. The number of hydrogen-bond donors (Lipinski definition) is 1. The Morgan fingerprint density at radius 1 is 1.86 bits per heavy atom. The SMILES string of the molecule is NC1=CC=NOC1. The van der Waals surface area contributed by atoms with Crippen LogP contribution in [0.5, 0.6) is 0 Å². The van der Waals surface area contributed by atoms with Crippen LogP contribution in [-0.2, 0) is 4.84 Å². The molecule has 0 aromatic heterocycles. The third-order valence-electron chi connectivity index (χ3n) is 0.655. The number of oxime groups is 1. The Hall–Kier alpha value is -0.990. The second-order valence-electron chi connectivity index (χ2n) is 1.27. The minimum atomic E-state index is 0.427. The maximum atomic E-state index is 5.28. The minimum Gasteiger partial charge on any atom is -0.399 e. The van der Waals surface area contributed by atoms with E-state index in [1.807, 2.05) is 0 Å². The molecule has 1 aliphatic rings. The van der Waals surface area contributed by atoms with Gasteiger partial charge in [-0.25, -0.2) is 0 Å². The molecule has 0 saturated carbocycles. The van der Waals surface area contributed by atoms with Crippen LogP contribution in [0.2, 0.25) is 0 Å². The van der Waals surface area contributed by atoms with Crippen molar-refractivity contribution < 1.29 is 4.84 Å². The van der Waals surface area contributed by atoms with Crippen LogP contribution in [0, 0.1) is 0 Å².